The van der Waals surface area contributed by atoms with Crippen LogP contribution < -0.4 is 14.8 Å². The molecule has 0 radical (unpaired) electrons. The van der Waals surface area contributed by atoms with Gasteiger partial charge in [-0.3, -0.25) is 9.48 Å². The Hall–Kier alpha value is -4.31. The molecule has 1 aromatic heterocycles. The van der Waals surface area contributed by atoms with Crippen molar-refractivity contribution in [1.82, 2.24) is 15.0 Å². The van der Waals surface area contributed by atoms with Crippen molar-refractivity contribution in [3.8, 4) is 5.75 Å². The average molecular weight is 719 g/mol. The molecule has 1 N–H and O–H groups in total. The van der Waals surface area contributed by atoms with Crippen LogP contribution in [0.3, 0.4) is 0 Å². The number of benzene rings is 3. The number of para-hydroxylation sites is 1. The SMILES string of the molecule is COc1ccc([Si](C)(C)[C@@H]2[C@@H](CCn3cc(C(CO)c4ccccc4)nn3)O[C@]3(C(=O)N(C/C=C(\C)CCC=C(C)C)c4ccccc43)[C@H]2C)cc1. The second-order valence-electron chi connectivity index (χ2n) is 15.3. The number of anilines is 1. The zero-order chi connectivity index (χ0) is 37.0. The first-order chi connectivity index (χ1) is 25.0. The van der Waals surface area contributed by atoms with Crippen LogP contribution in [0.2, 0.25) is 18.6 Å². The van der Waals surface area contributed by atoms with Gasteiger partial charge in [0, 0.05) is 30.8 Å². The Morgan fingerprint density at radius 1 is 1.02 bits per heavy atom. The number of rotatable bonds is 14. The van der Waals surface area contributed by atoms with Crippen molar-refractivity contribution < 1.29 is 19.4 Å². The summed E-state index contributed by atoms with van der Waals surface area (Å²) in [7, 11) is -0.591. The predicted octanol–water partition coefficient (Wildman–Crippen LogP) is 7.76. The van der Waals surface area contributed by atoms with Crippen molar-refractivity contribution >= 4 is 24.9 Å². The predicted molar refractivity (Wildman–Crippen MR) is 211 cm³/mol. The molecular formula is C43H54N4O4Si. The van der Waals surface area contributed by atoms with Gasteiger partial charge in [-0.15, -0.1) is 5.10 Å². The summed E-state index contributed by atoms with van der Waals surface area (Å²) in [6.45, 7) is 14.5. The van der Waals surface area contributed by atoms with Gasteiger partial charge in [0.1, 0.15) is 5.75 Å². The summed E-state index contributed by atoms with van der Waals surface area (Å²) in [4.78, 5) is 16.9. The van der Waals surface area contributed by atoms with E-state index >= 15 is 0 Å². The third-order valence-electron chi connectivity index (χ3n) is 11.4. The molecule has 5 atom stereocenters. The number of aromatic nitrogens is 3. The molecule has 1 unspecified atom stereocenters. The maximum absolute atomic E-state index is 15.0. The lowest BCUT2D eigenvalue weighted by Gasteiger charge is -2.37. The molecular weight excluding hydrogens is 665 g/mol. The monoisotopic (exact) mass is 718 g/mol. The maximum Gasteiger partial charge on any atom is 0.264 e. The van der Waals surface area contributed by atoms with Crippen LogP contribution in [0, 0.1) is 5.92 Å². The van der Waals surface area contributed by atoms with Gasteiger partial charge in [-0.2, -0.15) is 0 Å². The second kappa shape index (κ2) is 15.7. The van der Waals surface area contributed by atoms with E-state index in [1.807, 2.05) is 70.4 Å². The van der Waals surface area contributed by atoms with Gasteiger partial charge >= 0.3 is 0 Å². The van der Waals surface area contributed by atoms with E-state index < -0.39 is 13.7 Å². The number of ether oxygens (including phenoxy) is 2. The third kappa shape index (κ3) is 7.18. The highest BCUT2D eigenvalue weighted by atomic mass is 28.3. The number of amides is 1. The summed E-state index contributed by atoms with van der Waals surface area (Å²) in [6, 6.07) is 26.6. The first-order valence-corrected chi connectivity index (χ1v) is 21.7. The largest absolute Gasteiger partial charge is 0.497 e. The number of hydrogen-bond acceptors (Lipinski definition) is 6. The van der Waals surface area contributed by atoms with Crippen molar-refractivity contribution in [2.75, 3.05) is 25.2 Å². The zero-order valence-corrected chi connectivity index (χ0v) is 32.8. The topological polar surface area (TPSA) is 89.7 Å². The van der Waals surface area contributed by atoms with E-state index in [0.717, 1.165) is 41.1 Å². The number of methoxy groups -OCH3 is 1. The quantitative estimate of drug-likeness (QED) is 0.106. The van der Waals surface area contributed by atoms with Crippen molar-refractivity contribution in [1.29, 1.82) is 0 Å². The molecule has 1 spiro atoms. The van der Waals surface area contributed by atoms with Crippen molar-refractivity contribution in [3.05, 3.63) is 125 Å². The Balaban J connectivity index is 1.33. The molecule has 52 heavy (non-hydrogen) atoms. The van der Waals surface area contributed by atoms with Gasteiger partial charge < -0.3 is 19.5 Å². The fourth-order valence-corrected chi connectivity index (χ4v) is 12.6. The van der Waals surface area contributed by atoms with Crippen LogP contribution in [0.4, 0.5) is 5.69 Å². The molecule has 1 amide bonds. The Bertz CT molecular complexity index is 1900. The van der Waals surface area contributed by atoms with E-state index in [1.165, 1.54) is 16.3 Å². The highest BCUT2D eigenvalue weighted by molar-refractivity contribution is 6.91. The van der Waals surface area contributed by atoms with E-state index in [9.17, 15) is 9.90 Å². The summed E-state index contributed by atoms with van der Waals surface area (Å²) in [5.74, 6) is 0.526. The van der Waals surface area contributed by atoms with Crippen molar-refractivity contribution in [2.24, 2.45) is 5.92 Å². The van der Waals surface area contributed by atoms with Gasteiger partial charge in [-0.05, 0) is 69.3 Å². The lowest BCUT2D eigenvalue weighted by atomic mass is 9.82. The number of carbonyl (C=O) groups is 1. The number of aliphatic hydroxyl groups is 1. The molecule has 1 saturated heterocycles. The highest BCUT2D eigenvalue weighted by Gasteiger charge is 2.66. The number of fused-ring (bicyclic) bond motifs is 2. The molecule has 0 bridgehead atoms. The van der Waals surface area contributed by atoms with E-state index in [-0.39, 0.29) is 36.0 Å². The molecule has 3 heterocycles. The van der Waals surface area contributed by atoms with Crippen LogP contribution in [0.5, 0.6) is 5.75 Å². The molecule has 1 fully saturated rings. The van der Waals surface area contributed by atoms with Gasteiger partial charge in [-0.1, -0.05) is 114 Å². The summed E-state index contributed by atoms with van der Waals surface area (Å²) in [5.41, 5.74) is 5.26. The van der Waals surface area contributed by atoms with E-state index in [2.05, 4.69) is 87.5 Å². The Labute approximate surface area is 310 Å². The van der Waals surface area contributed by atoms with E-state index in [4.69, 9.17) is 9.47 Å². The molecule has 4 aromatic rings. The maximum atomic E-state index is 15.0. The Morgan fingerprint density at radius 2 is 1.73 bits per heavy atom. The van der Waals surface area contributed by atoms with Crippen LogP contribution >= 0.6 is 0 Å². The summed E-state index contributed by atoms with van der Waals surface area (Å²) < 4.78 is 14.7. The Kier molecular flexibility index (Phi) is 11.3. The molecule has 0 saturated carbocycles. The van der Waals surface area contributed by atoms with Crippen LogP contribution in [-0.4, -0.2) is 60.4 Å². The van der Waals surface area contributed by atoms with Gasteiger partial charge in [0.2, 0.25) is 0 Å². The molecule has 8 nitrogen and oxygen atoms in total. The second-order valence-corrected chi connectivity index (χ2v) is 20.0. The minimum Gasteiger partial charge on any atom is -0.497 e. The molecule has 3 aromatic carbocycles. The molecule has 9 heteroatoms. The lowest BCUT2D eigenvalue weighted by molar-refractivity contribution is -0.145. The standard InChI is InChI=1S/C43H54N4O4Si/c1-30(2)14-13-15-31(3)24-27-47-39-19-12-11-18-37(39)43(42(47)49)32(4)41(52(6,7)35-22-20-34(50-5)21-23-35)40(51-43)25-26-46-28-38(44-45-46)36(29-48)33-16-9-8-10-17-33/h8-12,14,16-24,28,32,36,40-41,48H,13,15,25-27,29H2,1-7H3/b31-24+/t32-,36?,40+,41-,43+/m0/s1. The summed E-state index contributed by atoms with van der Waals surface area (Å²) in [6.07, 6.45) is 8.83. The first-order valence-electron chi connectivity index (χ1n) is 18.6. The van der Waals surface area contributed by atoms with Gasteiger partial charge in [0.05, 0.1) is 45.2 Å². The van der Waals surface area contributed by atoms with Gasteiger partial charge in [0.15, 0.2) is 5.60 Å². The number of hydrogen-bond donors (Lipinski definition) is 1. The minimum atomic E-state index is -2.28. The Morgan fingerprint density at radius 3 is 2.42 bits per heavy atom. The molecule has 6 rings (SSSR count). The average Bonchev–Trinajstić information content (AvgIpc) is 3.80. The van der Waals surface area contributed by atoms with Crippen molar-refractivity contribution in [2.45, 2.75) is 89.8 Å². The smallest absolute Gasteiger partial charge is 0.264 e. The summed E-state index contributed by atoms with van der Waals surface area (Å²) >= 11 is 0. The zero-order valence-electron chi connectivity index (χ0n) is 31.8. The fourth-order valence-electron chi connectivity index (χ4n) is 8.55. The number of allylic oxidation sites excluding steroid dienone is 3. The van der Waals surface area contributed by atoms with E-state index in [1.54, 1.807) is 7.11 Å². The van der Waals surface area contributed by atoms with Crippen LogP contribution in [-0.2, 0) is 21.7 Å². The third-order valence-corrected chi connectivity index (χ3v) is 15.8. The van der Waals surface area contributed by atoms with Crippen LogP contribution in [0.1, 0.15) is 69.7 Å². The van der Waals surface area contributed by atoms with Crippen LogP contribution in [0.25, 0.3) is 0 Å². The highest BCUT2D eigenvalue weighted by Crippen LogP contribution is 2.59. The molecule has 0 aliphatic carbocycles. The summed E-state index contributed by atoms with van der Waals surface area (Å²) in [5, 5.41) is 20.5. The molecule has 274 valence electrons. The number of aliphatic hydroxyl groups excluding tert-OH is 1. The van der Waals surface area contributed by atoms with Gasteiger partial charge in [-0.25, -0.2) is 0 Å². The number of nitrogens with zero attached hydrogens (tertiary/aromatic N) is 4. The van der Waals surface area contributed by atoms with Crippen molar-refractivity contribution in [3.63, 3.8) is 0 Å². The van der Waals surface area contributed by atoms with Gasteiger partial charge in [0.25, 0.3) is 5.91 Å². The number of aryl methyl sites for hydroxylation is 1. The lowest BCUT2D eigenvalue weighted by Crippen LogP contribution is -2.52. The molecule has 2 aliphatic rings. The number of carbonyl (C=O) groups excluding carboxylic acids is 1. The minimum absolute atomic E-state index is 0.0262. The first kappa shape index (κ1) is 37.4. The van der Waals surface area contributed by atoms with Crippen LogP contribution in [0.15, 0.2) is 108 Å². The normalized spacial score (nSPS) is 22.2. The molecule has 2 aliphatic heterocycles. The van der Waals surface area contributed by atoms with E-state index in [0.29, 0.717) is 19.5 Å². The fraction of sp³-hybridized carbons (Fsp3) is 0.419.